The summed E-state index contributed by atoms with van der Waals surface area (Å²) in [4.78, 5) is 26.2. The Morgan fingerprint density at radius 2 is 1.56 bits per heavy atom. The molecule has 0 aliphatic heterocycles. The second kappa shape index (κ2) is 12.3. The van der Waals surface area contributed by atoms with Crippen LogP contribution in [0.25, 0.3) is 0 Å². The molecule has 2 amide bonds. The summed E-state index contributed by atoms with van der Waals surface area (Å²) in [6.45, 7) is 3.15. The molecule has 1 N–H and O–H groups in total. The highest BCUT2D eigenvalue weighted by Crippen LogP contribution is 2.17. The van der Waals surface area contributed by atoms with Gasteiger partial charge in [0.1, 0.15) is 30.4 Å². The average molecular weight is 467 g/mol. The van der Waals surface area contributed by atoms with E-state index in [1.54, 1.807) is 55.6 Å². The minimum absolute atomic E-state index is 0.0669. The number of nitrogens with one attached hydrogen (secondary N) is 1. The van der Waals surface area contributed by atoms with Gasteiger partial charge < -0.3 is 24.4 Å². The van der Waals surface area contributed by atoms with Crippen molar-refractivity contribution >= 4 is 17.6 Å². The number of aryl methyl sites for hydroxylation is 1. The van der Waals surface area contributed by atoms with E-state index in [2.05, 4.69) is 10.4 Å². The predicted molar refractivity (Wildman–Crippen MR) is 128 cm³/mol. The van der Waals surface area contributed by atoms with Crippen LogP contribution in [0.1, 0.15) is 12.0 Å². The number of methoxy groups -OCH3 is 1. The number of amides is 2. The lowest BCUT2D eigenvalue weighted by Crippen LogP contribution is -2.33. The number of hydrogen-bond donors (Lipinski definition) is 1. The van der Waals surface area contributed by atoms with Crippen LogP contribution in [0.15, 0.2) is 60.8 Å². The molecule has 180 valence electrons. The maximum Gasteiger partial charge on any atom is 0.244 e. The van der Waals surface area contributed by atoms with E-state index in [4.69, 9.17) is 14.2 Å². The van der Waals surface area contributed by atoms with Gasteiger partial charge in [-0.3, -0.25) is 14.3 Å². The van der Waals surface area contributed by atoms with Gasteiger partial charge in [0.15, 0.2) is 5.82 Å². The fraction of sp³-hybridized carbons (Fsp3) is 0.320. The second-order valence-electron chi connectivity index (χ2n) is 7.70. The molecule has 34 heavy (non-hydrogen) atoms. The third kappa shape index (κ3) is 7.84. The summed E-state index contributed by atoms with van der Waals surface area (Å²) >= 11 is 0. The van der Waals surface area contributed by atoms with Gasteiger partial charge in [-0.05, 0) is 43.3 Å². The van der Waals surface area contributed by atoms with E-state index in [0.717, 1.165) is 17.1 Å². The zero-order valence-corrected chi connectivity index (χ0v) is 19.7. The van der Waals surface area contributed by atoms with Crippen molar-refractivity contribution in [1.82, 2.24) is 14.7 Å². The largest absolute Gasteiger partial charge is 0.497 e. The molecule has 0 bridgehead atoms. The molecule has 0 radical (unpaired) electrons. The van der Waals surface area contributed by atoms with Gasteiger partial charge in [0.25, 0.3) is 0 Å². The van der Waals surface area contributed by atoms with Crippen molar-refractivity contribution in [2.45, 2.75) is 19.9 Å². The molecule has 3 aromatic rings. The Morgan fingerprint density at radius 1 is 0.941 bits per heavy atom. The highest BCUT2D eigenvalue weighted by atomic mass is 16.5. The van der Waals surface area contributed by atoms with Gasteiger partial charge in [0.05, 0.1) is 26.7 Å². The number of anilines is 1. The summed E-state index contributed by atoms with van der Waals surface area (Å²) in [6, 6.07) is 16.6. The third-order valence-corrected chi connectivity index (χ3v) is 5.00. The van der Waals surface area contributed by atoms with Gasteiger partial charge in [-0.15, -0.1) is 0 Å². The number of carbonyl (C=O) groups excluding carboxylic acids is 2. The molecule has 0 saturated carbocycles. The summed E-state index contributed by atoms with van der Waals surface area (Å²) in [7, 11) is 3.31. The maximum atomic E-state index is 12.4. The molecule has 2 aromatic carbocycles. The Balaban J connectivity index is 1.35. The van der Waals surface area contributed by atoms with E-state index in [9.17, 15) is 9.59 Å². The monoisotopic (exact) mass is 466 g/mol. The van der Waals surface area contributed by atoms with Crippen LogP contribution >= 0.6 is 0 Å². The third-order valence-electron chi connectivity index (χ3n) is 5.00. The summed E-state index contributed by atoms with van der Waals surface area (Å²) in [6.07, 6.45) is 1.82. The molecular formula is C25H30N4O5. The first-order valence-electron chi connectivity index (χ1n) is 11.0. The fourth-order valence-electron chi connectivity index (χ4n) is 2.97. The van der Waals surface area contributed by atoms with Crippen molar-refractivity contribution in [3.05, 3.63) is 66.4 Å². The standard InChI is InChI=1S/C25H30N4O5/c1-19-4-6-21(7-5-19)34-17-15-28(2)25(31)18-29-14-12-23(27-29)26-24(30)13-16-33-22-10-8-20(32-3)9-11-22/h4-12,14H,13,15-18H2,1-3H3,(H,26,27,30). The summed E-state index contributed by atoms with van der Waals surface area (Å²) in [5, 5.41) is 6.96. The first-order chi connectivity index (χ1) is 16.4. The van der Waals surface area contributed by atoms with Crippen LogP contribution < -0.4 is 19.5 Å². The normalized spacial score (nSPS) is 10.4. The lowest BCUT2D eigenvalue weighted by Gasteiger charge is -2.17. The quantitative estimate of drug-likeness (QED) is 0.441. The van der Waals surface area contributed by atoms with Crippen LogP contribution in [0.2, 0.25) is 0 Å². The van der Waals surface area contributed by atoms with E-state index >= 15 is 0 Å². The first-order valence-corrected chi connectivity index (χ1v) is 11.0. The number of ether oxygens (including phenoxy) is 3. The van der Waals surface area contributed by atoms with Gasteiger partial charge in [0, 0.05) is 19.3 Å². The van der Waals surface area contributed by atoms with Crippen LogP contribution in [-0.4, -0.2) is 60.4 Å². The maximum absolute atomic E-state index is 12.4. The van der Waals surface area contributed by atoms with E-state index < -0.39 is 0 Å². The smallest absolute Gasteiger partial charge is 0.244 e. The molecule has 0 atom stereocenters. The number of hydrogen-bond acceptors (Lipinski definition) is 6. The van der Waals surface area contributed by atoms with Gasteiger partial charge in [-0.2, -0.15) is 5.10 Å². The molecule has 0 aliphatic carbocycles. The molecule has 9 heteroatoms. The van der Waals surface area contributed by atoms with Crippen LogP contribution in [-0.2, 0) is 16.1 Å². The Morgan fingerprint density at radius 3 is 2.24 bits per heavy atom. The number of aromatic nitrogens is 2. The zero-order chi connectivity index (χ0) is 24.3. The van der Waals surface area contributed by atoms with Crippen LogP contribution in [0.5, 0.6) is 17.2 Å². The Labute approximate surface area is 199 Å². The molecule has 3 rings (SSSR count). The molecule has 1 aromatic heterocycles. The predicted octanol–water partition coefficient (Wildman–Crippen LogP) is 3.15. The highest BCUT2D eigenvalue weighted by Gasteiger charge is 2.12. The molecular weight excluding hydrogens is 436 g/mol. The Hall–Kier alpha value is -4.01. The average Bonchev–Trinajstić information content (AvgIpc) is 3.27. The molecule has 0 aliphatic rings. The minimum atomic E-state index is -0.226. The molecule has 0 saturated heterocycles. The van der Waals surface area contributed by atoms with E-state index in [1.807, 2.05) is 31.2 Å². The lowest BCUT2D eigenvalue weighted by atomic mass is 10.2. The van der Waals surface area contributed by atoms with Gasteiger partial charge in [-0.1, -0.05) is 17.7 Å². The molecule has 0 spiro atoms. The molecule has 9 nitrogen and oxygen atoms in total. The van der Waals surface area contributed by atoms with Crippen molar-refractivity contribution in [3.63, 3.8) is 0 Å². The summed E-state index contributed by atoms with van der Waals surface area (Å²) in [5.74, 6) is 2.21. The molecule has 1 heterocycles. The highest BCUT2D eigenvalue weighted by molar-refractivity contribution is 5.89. The Bertz CT molecular complexity index is 1060. The van der Waals surface area contributed by atoms with Crippen LogP contribution in [0.3, 0.4) is 0 Å². The van der Waals surface area contributed by atoms with Gasteiger partial charge in [0.2, 0.25) is 11.8 Å². The number of likely N-dealkylation sites (N-methyl/N-ethyl adjacent to an activating group) is 1. The lowest BCUT2D eigenvalue weighted by molar-refractivity contribution is -0.131. The van der Waals surface area contributed by atoms with Crippen molar-refractivity contribution in [1.29, 1.82) is 0 Å². The van der Waals surface area contributed by atoms with E-state index in [0.29, 0.717) is 24.7 Å². The second-order valence-corrected chi connectivity index (χ2v) is 7.70. The summed E-state index contributed by atoms with van der Waals surface area (Å²) in [5.41, 5.74) is 1.16. The van der Waals surface area contributed by atoms with Crippen LogP contribution in [0.4, 0.5) is 5.82 Å². The van der Waals surface area contributed by atoms with Crippen LogP contribution in [0, 0.1) is 6.92 Å². The first kappa shape index (κ1) is 24.6. The molecule has 0 fully saturated rings. The minimum Gasteiger partial charge on any atom is -0.497 e. The van der Waals surface area contributed by atoms with Crippen molar-refractivity contribution in [2.24, 2.45) is 0 Å². The number of nitrogens with zero attached hydrogens (tertiary/aromatic N) is 3. The van der Waals surface area contributed by atoms with Crippen molar-refractivity contribution in [2.75, 3.05) is 39.2 Å². The SMILES string of the molecule is COc1ccc(OCCC(=O)Nc2ccn(CC(=O)N(C)CCOc3ccc(C)cc3)n2)cc1. The van der Waals surface area contributed by atoms with E-state index in [-0.39, 0.29) is 31.4 Å². The van der Waals surface area contributed by atoms with E-state index in [1.165, 1.54) is 4.68 Å². The zero-order valence-electron chi connectivity index (χ0n) is 19.7. The topological polar surface area (TPSA) is 94.9 Å². The molecule has 0 unspecified atom stereocenters. The fourth-order valence-corrected chi connectivity index (χ4v) is 2.97. The number of benzene rings is 2. The van der Waals surface area contributed by atoms with Crippen molar-refractivity contribution in [3.8, 4) is 17.2 Å². The Kier molecular flexibility index (Phi) is 8.90. The number of carbonyl (C=O) groups is 2. The van der Waals surface area contributed by atoms with Gasteiger partial charge in [-0.25, -0.2) is 0 Å². The van der Waals surface area contributed by atoms with Gasteiger partial charge >= 0.3 is 0 Å². The summed E-state index contributed by atoms with van der Waals surface area (Å²) < 4.78 is 17.8. The van der Waals surface area contributed by atoms with Crippen molar-refractivity contribution < 1.29 is 23.8 Å². The number of rotatable bonds is 12.